The van der Waals surface area contributed by atoms with Crippen LogP contribution >= 0.6 is 0 Å². The summed E-state index contributed by atoms with van der Waals surface area (Å²) < 4.78 is 1.74. The van der Waals surface area contributed by atoms with Crippen molar-refractivity contribution >= 4 is 64.6 Å². The SMILES string of the molecule is O=c1c(-c2ccccc2)nc2c(-c3ccc4ccc5cccc6ccc3c4c56)[nH]c(-c3ccc4ccc5cccc6ccc3c4c56)cn1-2. The summed E-state index contributed by atoms with van der Waals surface area (Å²) >= 11 is 0. The van der Waals surface area contributed by atoms with Crippen LogP contribution in [0.2, 0.25) is 0 Å². The number of hydrogen-bond donors (Lipinski definition) is 1. The number of nitrogens with one attached hydrogen (secondary N) is 1. The topological polar surface area (TPSA) is 50.7 Å². The highest BCUT2D eigenvalue weighted by Crippen LogP contribution is 2.43. The lowest BCUT2D eigenvalue weighted by Gasteiger charge is -2.19. The number of hydrogen-bond acceptors (Lipinski definition) is 2. The third-order valence-corrected chi connectivity index (χ3v) is 10.3. The molecule has 9 aromatic rings. The monoisotopic (exact) mass is 611 g/mol. The predicted octanol–water partition coefficient (Wildman–Crippen LogP) is 10.8. The van der Waals surface area contributed by atoms with Crippen LogP contribution in [0.5, 0.6) is 0 Å². The highest BCUT2D eigenvalue weighted by molar-refractivity contribution is 6.26. The molecule has 0 radical (unpaired) electrons. The second-order valence-corrected chi connectivity index (χ2v) is 12.8. The van der Waals surface area contributed by atoms with Gasteiger partial charge in [-0.05, 0) is 64.6 Å². The summed E-state index contributed by atoms with van der Waals surface area (Å²) in [6.07, 6.45) is 1.93. The van der Waals surface area contributed by atoms with E-state index in [0.717, 1.165) is 38.9 Å². The number of H-pyrrole nitrogens is 1. The van der Waals surface area contributed by atoms with Crippen LogP contribution in [0, 0.1) is 0 Å². The number of rotatable bonds is 3. The van der Waals surface area contributed by atoms with Gasteiger partial charge in [0.25, 0.3) is 5.56 Å². The van der Waals surface area contributed by atoms with Crippen LogP contribution in [0.3, 0.4) is 0 Å². The fraction of sp³-hybridized carbons (Fsp3) is 0. The summed E-state index contributed by atoms with van der Waals surface area (Å²) in [5.41, 5.74) is 4.83. The Hall–Kier alpha value is -6.52. The lowest BCUT2D eigenvalue weighted by molar-refractivity contribution is 0.980. The lowest BCUT2D eigenvalue weighted by Crippen LogP contribution is -2.15. The van der Waals surface area contributed by atoms with Crippen molar-refractivity contribution in [1.29, 1.82) is 0 Å². The average Bonchev–Trinajstić information content (AvgIpc) is 3.48. The highest BCUT2D eigenvalue weighted by Gasteiger charge is 2.24. The number of benzene rings is 9. The molecule has 0 unspecified atom stereocenters. The summed E-state index contributed by atoms with van der Waals surface area (Å²) in [6, 6.07) is 49.1. The Kier molecular flexibility index (Phi) is 4.96. The van der Waals surface area contributed by atoms with Crippen molar-refractivity contribution in [2.45, 2.75) is 0 Å². The molecular formula is C44H25N3O. The Labute approximate surface area is 274 Å². The molecule has 0 amide bonds. The van der Waals surface area contributed by atoms with Gasteiger partial charge in [0.15, 0.2) is 5.82 Å². The summed E-state index contributed by atoms with van der Waals surface area (Å²) in [4.78, 5) is 23.1. The average molecular weight is 612 g/mol. The van der Waals surface area contributed by atoms with Gasteiger partial charge in [-0.25, -0.2) is 4.98 Å². The number of aromatic nitrogens is 3. The van der Waals surface area contributed by atoms with Gasteiger partial charge >= 0.3 is 0 Å². The van der Waals surface area contributed by atoms with Gasteiger partial charge in [-0.3, -0.25) is 9.36 Å². The van der Waals surface area contributed by atoms with Crippen molar-refractivity contribution in [3.05, 3.63) is 156 Å². The summed E-state index contributed by atoms with van der Waals surface area (Å²) in [7, 11) is 0. The first-order chi connectivity index (χ1) is 23.7. The van der Waals surface area contributed by atoms with Crippen LogP contribution in [0.15, 0.2) is 151 Å². The third kappa shape index (κ3) is 3.38. The van der Waals surface area contributed by atoms with E-state index in [-0.39, 0.29) is 5.56 Å². The molecule has 9 aromatic carbocycles. The normalized spacial score (nSPS) is 12.2. The maximum Gasteiger partial charge on any atom is 0.282 e. The van der Waals surface area contributed by atoms with Gasteiger partial charge < -0.3 is 4.98 Å². The van der Waals surface area contributed by atoms with Gasteiger partial charge in [-0.15, -0.1) is 0 Å². The van der Waals surface area contributed by atoms with Crippen LogP contribution in [0.4, 0.5) is 0 Å². The Morgan fingerprint density at radius 2 is 0.979 bits per heavy atom. The maximum absolute atomic E-state index is 14.3. The van der Waals surface area contributed by atoms with E-state index in [1.165, 1.54) is 53.9 Å². The van der Waals surface area contributed by atoms with E-state index in [1.807, 2.05) is 36.5 Å². The zero-order valence-corrected chi connectivity index (χ0v) is 25.7. The van der Waals surface area contributed by atoms with E-state index in [1.54, 1.807) is 4.57 Å². The fourth-order valence-corrected chi connectivity index (χ4v) is 8.10. The minimum absolute atomic E-state index is 0.136. The minimum Gasteiger partial charge on any atom is -0.350 e. The molecule has 2 aliphatic rings. The van der Waals surface area contributed by atoms with Crippen LogP contribution in [0.25, 0.3) is 104 Å². The van der Waals surface area contributed by atoms with Crippen LogP contribution in [-0.4, -0.2) is 14.5 Å². The van der Waals surface area contributed by atoms with Gasteiger partial charge in [-0.1, -0.05) is 140 Å². The molecule has 0 saturated heterocycles. The molecule has 222 valence electrons. The van der Waals surface area contributed by atoms with Crippen molar-refractivity contribution in [3.8, 4) is 39.6 Å². The smallest absolute Gasteiger partial charge is 0.282 e. The van der Waals surface area contributed by atoms with Crippen LogP contribution < -0.4 is 5.56 Å². The molecule has 0 aliphatic carbocycles. The van der Waals surface area contributed by atoms with E-state index < -0.39 is 0 Å². The van der Waals surface area contributed by atoms with Crippen molar-refractivity contribution in [2.75, 3.05) is 0 Å². The Morgan fingerprint density at radius 3 is 1.58 bits per heavy atom. The van der Waals surface area contributed by atoms with Gasteiger partial charge in [0, 0.05) is 22.9 Å². The zero-order valence-electron chi connectivity index (χ0n) is 25.7. The quantitative estimate of drug-likeness (QED) is 0.202. The zero-order chi connectivity index (χ0) is 31.5. The molecule has 48 heavy (non-hydrogen) atoms. The molecule has 2 heterocycles. The molecular weight excluding hydrogens is 587 g/mol. The largest absolute Gasteiger partial charge is 0.350 e. The fourth-order valence-electron chi connectivity index (χ4n) is 8.10. The molecule has 0 atom stereocenters. The summed E-state index contributed by atoms with van der Waals surface area (Å²) in [5.74, 6) is 0.607. The maximum atomic E-state index is 14.3. The predicted molar refractivity (Wildman–Crippen MR) is 199 cm³/mol. The Bertz CT molecular complexity index is 3050. The molecule has 0 fully saturated rings. The lowest BCUT2D eigenvalue weighted by atomic mass is 9.90. The number of fused-ring (bicyclic) bond motifs is 1. The Balaban J connectivity index is 1.26. The van der Waals surface area contributed by atoms with Crippen LogP contribution in [-0.2, 0) is 0 Å². The molecule has 0 saturated carbocycles. The first kappa shape index (κ1) is 25.6. The molecule has 11 rings (SSSR count). The second-order valence-electron chi connectivity index (χ2n) is 12.8. The van der Waals surface area contributed by atoms with E-state index in [2.05, 4.69) is 114 Å². The van der Waals surface area contributed by atoms with E-state index in [4.69, 9.17) is 4.98 Å². The molecule has 2 aliphatic heterocycles. The number of aromatic amines is 1. The number of imidazole rings is 1. The standard InChI is InChI=1S/C44H25N3O/c48-44-41(31-6-2-1-3-7-31)46-43-42(35-23-19-30-15-13-26-9-5-11-28-18-22-34(35)40(30)38(26)28)45-36(24-47(43)44)32-20-16-29-14-12-25-8-4-10-27-17-21-33(32)39(29)37(25)27/h1-24,45H. The van der Waals surface area contributed by atoms with E-state index >= 15 is 0 Å². The van der Waals surface area contributed by atoms with Gasteiger partial charge in [0.1, 0.15) is 5.69 Å². The first-order valence-electron chi connectivity index (χ1n) is 16.3. The second kappa shape index (κ2) is 9.27. The molecule has 0 bridgehead atoms. The van der Waals surface area contributed by atoms with Crippen molar-refractivity contribution in [2.24, 2.45) is 0 Å². The minimum atomic E-state index is -0.136. The molecule has 1 N–H and O–H groups in total. The molecule has 4 heteroatoms. The molecule has 0 aromatic heterocycles. The summed E-state index contributed by atoms with van der Waals surface area (Å²) in [5, 5.41) is 14.5. The molecule has 4 nitrogen and oxygen atoms in total. The molecule has 0 spiro atoms. The van der Waals surface area contributed by atoms with Crippen molar-refractivity contribution in [3.63, 3.8) is 0 Å². The Morgan fingerprint density at radius 1 is 0.479 bits per heavy atom. The van der Waals surface area contributed by atoms with Gasteiger partial charge in [0.05, 0.1) is 11.4 Å². The third-order valence-electron chi connectivity index (χ3n) is 10.3. The van der Waals surface area contributed by atoms with Gasteiger partial charge in [0.2, 0.25) is 0 Å². The van der Waals surface area contributed by atoms with Crippen molar-refractivity contribution < 1.29 is 0 Å². The summed E-state index contributed by atoms with van der Waals surface area (Å²) in [6.45, 7) is 0. The number of nitrogens with zero attached hydrogens (tertiary/aromatic N) is 2. The van der Waals surface area contributed by atoms with Crippen LogP contribution in [0.1, 0.15) is 0 Å². The van der Waals surface area contributed by atoms with Crippen molar-refractivity contribution in [1.82, 2.24) is 14.5 Å². The van der Waals surface area contributed by atoms with E-state index in [9.17, 15) is 4.79 Å². The first-order valence-corrected chi connectivity index (χ1v) is 16.3. The van der Waals surface area contributed by atoms with E-state index in [0.29, 0.717) is 11.5 Å². The highest BCUT2D eigenvalue weighted by atomic mass is 16.1. The van der Waals surface area contributed by atoms with Gasteiger partial charge in [-0.2, -0.15) is 0 Å².